The van der Waals surface area contributed by atoms with Gasteiger partial charge in [-0.05, 0) is 49.3 Å². The number of benzene rings is 1. The van der Waals surface area contributed by atoms with Crippen LogP contribution in [0, 0.1) is 5.92 Å². The minimum atomic E-state index is -0.690. The number of aromatic amines is 1. The van der Waals surface area contributed by atoms with Crippen molar-refractivity contribution < 1.29 is 9.59 Å². The molecular formula is C25H37N5O2. The predicted octanol–water partition coefficient (Wildman–Crippen LogP) is 2.87. The highest BCUT2D eigenvalue weighted by atomic mass is 16.2. The number of unbranched alkanes of at least 4 members (excludes halogenated alkanes) is 1. The second-order valence-electron chi connectivity index (χ2n) is 8.92. The number of aromatic nitrogens is 2. The van der Waals surface area contributed by atoms with Crippen molar-refractivity contribution in [2.24, 2.45) is 5.92 Å². The van der Waals surface area contributed by atoms with E-state index in [1.807, 2.05) is 6.07 Å². The van der Waals surface area contributed by atoms with E-state index < -0.39 is 11.7 Å². The summed E-state index contributed by atoms with van der Waals surface area (Å²) in [6, 6.07) is 8.38. The minimum absolute atomic E-state index is 0.0591. The lowest BCUT2D eigenvalue weighted by Crippen LogP contribution is -2.63. The maximum absolute atomic E-state index is 13.7. The topological polar surface area (TPSA) is 98.9 Å². The number of H-pyrrole nitrogens is 1. The Morgan fingerprint density at radius 2 is 2.09 bits per heavy atom. The van der Waals surface area contributed by atoms with Crippen molar-refractivity contribution in [2.45, 2.75) is 76.9 Å². The van der Waals surface area contributed by atoms with Gasteiger partial charge in [-0.3, -0.25) is 9.59 Å². The Labute approximate surface area is 191 Å². The number of imidazole rings is 1. The van der Waals surface area contributed by atoms with Gasteiger partial charge in [0.1, 0.15) is 11.7 Å². The highest BCUT2D eigenvalue weighted by molar-refractivity contribution is 5.87. The van der Waals surface area contributed by atoms with Crippen molar-refractivity contribution in [1.82, 2.24) is 25.9 Å². The Kier molecular flexibility index (Phi) is 8.85. The van der Waals surface area contributed by atoms with E-state index in [0.29, 0.717) is 25.2 Å². The number of amides is 2. The molecule has 3 atom stereocenters. The average Bonchev–Trinajstić information content (AvgIpc) is 3.32. The summed E-state index contributed by atoms with van der Waals surface area (Å²) < 4.78 is 0. The number of fused-ring (bicyclic) bond motifs is 1. The molecule has 174 valence electrons. The fourth-order valence-corrected chi connectivity index (χ4v) is 4.59. The largest absolute Gasteiger partial charge is 0.348 e. The van der Waals surface area contributed by atoms with Crippen LogP contribution >= 0.6 is 0 Å². The summed E-state index contributed by atoms with van der Waals surface area (Å²) in [7, 11) is 0. The highest BCUT2D eigenvalue weighted by Crippen LogP contribution is 2.30. The Hall–Kier alpha value is -2.67. The van der Waals surface area contributed by atoms with Crippen LogP contribution in [-0.2, 0) is 28.9 Å². The van der Waals surface area contributed by atoms with E-state index in [1.54, 1.807) is 12.5 Å². The molecule has 0 spiro atoms. The lowest BCUT2D eigenvalue weighted by molar-refractivity contribution is -0.129. The number of hydrogen-bond acceptors (Lipinski definition) is 4. The zero-order valence-electron chi connectivity index (χ0n) is 19.3. The Bertz CT molecular complexity index is 854. The van der Waals surface area contributed by atoms with Crippen molar-refractivity contribution in [3.63, 3.8) is 0 Å². The molecule has 2 amide bonds. The zero-order chi connectivity index (χ0) is 22.8. The molecule has 7 nitrogen and oxygen atoms in total. The number of carbonyl (C=O) groups excluding carboxylic acids is 2. The van der Waals surface area contributed by atoms with Crippen LogP contribution in [0.3, 0.4) is 0 Å². The molecule has 0 saturated heterocycles. The van der Waals surface area contributed by atoms with Crippen molar-refractivity contribution >= 4 is 12.3 Å². The van der Waals surface area contributed by atoms with E-state index >= 15 is 0 Å². The van der Waals surface area contributed by atoms with Crippen LogP contribution in [0.2, 0.25) is 0 Å². The number of nitrogens with zero attached hydrogens (tertiary/aromatic N) is 1. The van der Waals surface area contributed by atoms with Crippen molar-refractivity contribution in [1.29, 1.82) is 0 Å². The van der Waals surface area contributed by atoms with E-state index in [4.69, 9.17) is 0 Å². The van der Waals surface area contributed by atoms with Crippen LogP contribution < -0.4 is 16.0 Å². The molecule has 1 aromatic carbocycles. The minimum Gasteiger partial charge on any atom is -0.348 e. The second kappa shape index (κ2) is 11.8. The summed E-state index contributed by atoms with van der Waals surface area (Å²) >= 11 is 0. The summed E-state index contributed by atoms with van der Waals surface area (Å²) in [5.41, 5.74) is 2.70. The molecule has 3 rings (SSSR count). The molecule has 1 aliphatic carbocycles. The van der Waals surface area contributed by atoms with Crippen LogP contribution in [-0.4, -0.2) is 40.5 Å². The van der Waals surface area contributed by atoms with Gasteiger partial charge in [0, 0.05) is 18.3 Å². The smallest absolute Gasteiger partial charge is 0.242 e. The van der Waals surface area contributed by atoms with Gasteiger partial charge >= 0.3 is 0 Å². The fourth-order valence-electron chi connectivity index (χ4n) is 4.59. The molecule has 0 fully saturated rings. The van der Waals surface area contributed by atoms with Gasteiger partial charge in [0.2, 0.25) is 12.3 Å². The highest BCUT2D eigenvalue weighted by Gasteiger charge is 2.41. The Morgan fingerprint density at radius 1 is 1.28 bits per heavy atom. The van der Waals surface area contributed by atoms with Gasteiger partial charge in [0.15, 0.2) is 0 Å². The standard InChI is InChI=1S/C25H37N5O2/c1-3-5-8-19(4-2)15-29-25(12-11-20-9-6-7-10-21(20)14-25)24(32)30-23(28-18-31)13-22-16-26-17-27-22/h6-7,9-10,16-19,23,29H,3-5,8,11-15H2,1-2H3,(H,26,27)(H,28,31)(H,30,32). The SMILES string of the molecule is CCCCC(CC)CNC1(C(=O)NC(Cc2cnc[nH]2)NC=O)CCc2ccccc2C1. The monoisotopic (exact) mass is 439 g/mol. The quantitative estimate of drug-likeness (QED) is 0.285. The Balaban J connectivity index is 1.77. The van der Waals surface area contributed by atoms with E-state index in [9.17, 15) is 9.59 Å². The molecule has 2 aromatic rings. The van der Waals surface area contributed by atoms with Gasteiger partial charge in [-0.1, -0.05) is 57.4 Å². The first-order valence-electron chi connectivity index (χ1n) is 11.9. The Morgan fingerprint density at radius 3 is 2.78 bits per heavy atom. The number of carbonyl (C=O) groups is 2. The first kappa shape index (κ1) is 24.0. The van der Waals surface area contributed by atoms with Gasteiger partial charge < -0.3 is 20.9 Å². The van der Waals surface area contributed by atoms with Gasteiger partial charge in [-0.25, -0.2) is 4.98 Å². The third-order valence-electron chi connectivity index (χ3n) is 6.69. The summed E-state index contributed by atoms with van der Waals surface area (Å²) in [5.74, 6) is 0.488. The normalized spacial score (nSPS) is 19.6. The average molecular weight is 440 g/mol. The molecule has 1 heterocycles. The summed E-state index contributed by atoms with van der Waals surface area (Å²) in [5, 5.41) is 9.53. The molecule has 0 saturated carbocycles. The number of hydrogen-bond donors (Lipinski definition) is 4. The molecule has 0 bridgehead atoms. The second-order valence-corrected chi connectivity index (χ2v) is 8.92. The third kappa shape index (κ3) is 6.19. The van der Waals surface area contributed by atoms with E-state index in [-0.39, 0.29) is 5.91 Å². The van der Waals surface area contributed by atoms with Crippen LogP contribution in [0.25, 0.3) is 0 Å². The molecule has 1 aliphatic rings. The lowest BCUT2D eigenvalue weighted by atomic mass is 9.76. The molecule has 1 aromatic heterocycles. The van der Waals surface area contributed by atoms with Gasteiger partial charge in [-0.15, -0.1) is 0 Å². The van der Waals surface area contributed by atoms with Crippen molar-refractivity contribution in [3.8, 4) is 0 Å². The molecule has 4 N–H and O–H groups in total. The van der Waals surface area contributed by atoms with E-state index in [1.165, 1.54) is 30.4 Å². The summed E-state index contributed by atoms with van der Waals surface area (Å²) in [6.07, 6.45) is 10.8. The number of aryl methyl sites for hydroxylation is 1. The van der Waals surface area contributed by atoms with Crippen LogP contribution in [0.1, 0.15) is 62.8 Å². The first-order valence-corrected chi connectivity index (χ1v) is 11.9. The first-order chi connectivity index (χ1) is 15.6. The predicted molar refractivity (Wildman–Crippen MR) is 126 cm³/mol. The number of rotatable bonds is 13. The van der Waals surface area contributed by atoms with Gasteiger partial charge in [0.05, 0.1) is 6.33 Å². The maximum Gasteiger partial charge on any atom is 0.242 e. The van der Waals surface area contributed by atoms with Crippen LogP contribution in [0.15, 0.2) is 36.8 Å². The summed E-state index contributed by atoms with van der Waals surface area (Å²) in [4.78, 5) is 32.0. The van der Waals surface area contributed by atoms with Crippen molar-refractivity contribution in [2.75, 3.05) is 6.54 Å². The van der Waals surface area contributed by atoms with E-state index in [0.717, 1.165) is 31.5 Å². The van der Waals surface area contributed by atoms with Crippen molar-refractivity contribution in [3.05, 3.63) is 53.6 Å². The number of nitrogens with one attached hydrogen (secondary N) is 4. The molecular weight excluding hydrogens is 402 g/mol. The third-order valence-corrected chi connectivity index (χ3v) is 6.69. The van der Waals surface area contributed by atoms with E-state index in [2.05, 4.69) is 58.0 Å². The maximum atomic E-state index is 13.7. The molecule has 32 heavy (non-hydrogen) atoms. The van der Waals surface area contributed by atoms with Gasteiger partial charge in [0.25, 0.3) is 0 Å². The zero-order valence-corrected chi connectivity index (χ0v) is 19.3. The lowest BCUT2D eigenvalue weighted by Gasteiger charge is -2.39. The molecule has 0 aliphatic heterocycles. The summed E-state index contributed by atoms with van der Waals surface area (Å²) in [6.45, 7) is 5.25. The van der Waals surface area contributed by atoms with Crippen LogP contribution in [0.5, 0.6) is 0 Å². The molecule has 3 unspecified atom stereocenters. The van der Waals surface area contributed by atoms with Gasteiger partial charge in [-0.2, -0.15) is 0 Å². The fraction of sp³-hybridized carbons (Fsp3) is 0.560. The molecule has 0 radical (unpaired) electrons. The molecule has 7 heteroatoms. The van der Waals surface area contributed by atoms with Crippen LogP contribution in [0.4, 0.5) is 0 Å².